The fraction of sp³-hybridized carbons (Fsp3) is 0.600. The third-order valence-corrected chi connectivity index (χ3v) is 5.95. The fourth-order valence-corrected chi connectivity index (χ4v) is 4.29. The van der Waals surface area contributed by atoms with Gasteiger partial charge in [0.1, 0.15) is 0 Å². The van der Waals surface area contributed by atoms with Crippen LogP contribution in [0, 0.1) is 0 Å². The molecule has 0 unspecified atom stereocenters. The van der Waals surface area contributed by atoms with Crippen LogP contribution in [0.25, 0.3) is 0 Å². The van der Waals surface area contributed by atoms with Gasteiger partial charge >= 0.3 is 0 Å². The predicted octanol–water partition coefficient (Wildman–Crippen LogP) is 0.0968. The second-order valence-corrected chi connectivity index (χ2v) is 7.58. The molecule has 4 rings (SSSR count). The number of hydrogen-bond donors (Lipinski definition) is 1. The lowest BCUT2D eigenvalue weighted by atomic mass is 10.1. The lowest BCUT2D eigenvalue weighted by molar-refractivity contribution is -0.135. The highest BCUT2D eigenvalue weighted by atomic mass is 16.5. The van der Waals surface area contributed by atoms with Crippen LogP contribution in [0.2, 0.25) is 0 Å². The van der Waals surface area contributed by atoms with E-state index in [1.54, 1.807) is 7.11 Å². The van der Waals surface area contributed by atoms with Gasteiger partial charge in [-0.25, -0.2) is 0 Å². The minimum atomic E-state index is -0.135. The van der Waals surface area contributed by atoms with E-state index >= 15 is 0 Å². The minimum Gasteiger partial charge on any atom is -0.380 e. The van der Waals surface area contributed by atoms with E-state index in [4.69, 9.17) is 4.74 Å². The largest absolute Gasteiger partial charge is 0.380 e. The Kier molecular flexibility index (Phi) is 5.43. The summed E-state index contributed by atoms with van der Waals surface area (Å²) in [5.74, 6) is 0.314. The van der Waals surface area contributed by atoms with Crippen LogP contribution in [0.4, 0.5) is 5.69 Å². The first-order valence-corrected chi connectivity index (χ1v) is 9.81. The van der Waals surface area contributed by atoms with Crippen molar-refractivity contribution in [2.75, 3.05) is 57.8 Å². The number of anilines is 1. The van der Waals surface area contributed by atoms with Crippen LogP contribution >= 0.6 is 0 Å². The van der Waals surface area contributed by atoms with E-state index in [-0.39, 0.29) is 24.0 Å². The topological polar surface area (TPSA) is 65.1 Å². The maximum atomic E-state index is 12.7. The fourth-order valence-electron chi connectivity index (χ4n) is 4.29. The van der Waals surface area contributed by atoms with Gasteiger partial charge in [0.25, 0.3) is 0 Å². The molecule has 2 amide bonds. The highest BCUT2D eigenvalue weighted by molar-refractivity contribution is 5.96. The van der Waals surface area contributed by atoms with Crippen LogP contribution < -0.4 is 10.2 Å². The molecule has 1 aromatic rings. The van der Waals surface area contributed by atoms with Crippen molar-refractivity contribution in [3.63, 3.8) is 0 Å². The number of nitrogens with zero attached hydrogens (tertiary/aromatic N) is 3. The first-order valence-electron chi connectivity index (χ1n) is 9.81. The minimum absolute atomic E-state index is 0.126. The number of carbonyl (C=O) groups excluding carboxylic acids is 2. The molecule has 7 nitrogen and oxygen atoms in total. The van der Waals surface area contributed by atoms with Crippen LogP contribution in [-0.2, 0) is 20.7 Å². The van der Waals surface area contributed by atoms with E-state index in [1.165, 1.54) is 5.56 Å². The van der Waals surface area contributed by atoms with Gasteiger partial charge in [-0.2, -0.15) is 0 Å². The predicted molar refractivity (Wildman–Crippen MR) is 103 cm³/mol. The zero-order chi connectivity index (χ0) is 18.8. The Balaban J connectivity index is 1.26. The molecule has 3 aliphatic heterocycles. The van der Waals surface area contributed by atoms with Crippen LogP contribution in [0.5, 0.6) is 0 Å². The number of rotatable bonds is 4. The van der Waals surface area contributed by atoms with Crippen molar-refractivity contribution < 1.29 is 14.3 Å². The Morgan fingerprint density at radius 1 is 1.15 bits per heavy atom. The Labute approximate surface area is 160 Å². The second-order valence-electron chi connectivity index (χ2n) is 7.58. The molecule has 3 heterocycles. The highest BCUT2D eigenvalue weighted by Crippen LogP contribution is 2.27. The quantitative estimate of drug-likeness (QED) is 0.812. The number of nitrogens with one attached hydrogen (secondary N) is 1. The summed E-state index contributed by atoms with van der Waals surface area (Å²) in [4.78, 5) is 31.4. The molecule has 0 aromatic heterocycles. The molecule has 7 heteroatoms. The summed E-state index contributed by atoms with van der Waals surface area (Å²) in [6.07, 6.45) is 1.80. The van der Waals surface area contributed by atoms with Gasteiger partial charge in [0.15, 0.2) is 0 Å². The number of piperazine rings is 1. The Bertz CT molecular complexity index is 702. The molecule has 2 fully saturated rings. The molecule has 0 radical (unpaired) electrons. The monoisotopic (exact) mass is 372 g/mol. The molecule has 2 saturated heterocycles. The summed E-state index contributed by atoms with van der Waals surface area (Å²) >= 11 is 0. The molecular formula is C20H28N4O3. The zero-order valence-corrected chi connectivity index (χ0v) is 15.9. The first kappa shape index (κ1) is 18.4. The molecular weight excluding hydrogens is 344 g/mol. The number of hydrogen-bond acceptors (Lipinski definition) is 5. The normalized spacial score (nSPS) is 25.7. The summed E-state index contributed by atoms with van der Waals surface area (Å²) in [6, 6.07) is 8.00. The third kappa shape index (κ3) is 3.85. The van der Waals surface area contributed by atoms with Crippen molar-refractivity contribution in [2.24, 2.45) is 0 Å². The number of fused-ring (bicyclic) bond motifs is 1. The molecule has 3 aliphatic rings. The van der Waals surface area contributed by atoms with E-state index in [1.807, 2.05) is 28.0 Å². The van der Waals surface area contributed by atoms with Crippen LogP contribution in [-0.4, -0.2) is 86.7 Å². The van der Waals surface area contributed by atoms with Gasteiger partial charge in [0.2, 0.25) is 11.8 Å². The molecule has 0 bridgehead atoms. The van der Waals surface area contributed by atoms with Gasteiger partial charge in [-0.15, -0.1) is 0 Å². The van der Waals surface area contributed by atoms with Crippen molar-refractivity contribution in [3.05, 3.63) is 29.8 Å². The molecule has 27 heavy (non-hydrogen) atoms. The van der Waals surface area contributed by atoms with Crippen molar-refractivity contribution in [2.45, 2.75) is 25.0 Å². The van der Waals surface area contributed by atoms with Gasteiger partial charge in [0, 0.05) is 52.1 Å². The lowest BCUT2D eigenvalue weighted by Crippen LogP contribution is -2.54. The standard InChI is InChI=1S/C20H28N4O3/c1-27-16-12-17(21-13-16)20(26)23-10-8-22(9-11-23)14-19(25)24-7-6-15-4-2-3-5-18(15)24/h2-5,16-17,21H,6-14H2,1H3/t16-,17+/m0/s1. The van der Waals surface area contributed by atoms with Crippen LogP contribution in [0.3, 0.4) is 0 Å². The molecule has 0 saturated carbocycles. The summed E-state index contributed by atoms with van der Waals surface area (Å²) in [5, 5.41) is 3.25. The smallest absolute Gasteiger partial charge is 0.241 e. The first-order chi connectivity index (χ1) is 13.2. The Morgan fingerprint density at radius 2 is 1.93 bits per heavy atom. The Morgan fingerprint density at radius 3 is 2.67 bits per heavy atom. The van der Waals surface area contributed by atoms with Gasteiger partial charge in [-0.05, 0) is 24.5 Å². The van der Waals surface area contributed by atoms with Gasteiger partial charge in [-0.1, -0.05) is 18.2 Å². The zero-order valence-electron chi connectivity index (χ0n) is 15.9. The van der Waals surface area contributed by atoms with Gasteiger partial charge in [0.05, 0.1) is 18.7 Å². The highest BCUT2D eigenvalue weighted by Gasteiger charge is 2.34. The maximum absolute atomic E-state index is 12.7. The number of methoxy groups -OCH3 is 1. The van der Waals surface area contributed by atoms with E-state index < -0.39 is 0 Å². The number of amides is 2. The number of para-hydroxylation sites is 1. The molecule has 0 spiro atoms. The van der Waals surface area contributed by atoms with E-state index in [9.17, 15) is 9.59 Å². The lowest BCUT2D eigenvalue weighted by Gasteiger charge is -2.36. The average molecular weight is 372 g/mol. The summed E-state index contributed by atoms with van der Waals surface area (Å²) in [5.41, 5.74) is 2.30. The maximum Gasteiger partial charge on any atom is 0.241 e. The van der Waals surface area contributed by atoms with E-state index in [2.05, 4.69) is 16.3 Å². The van der Waals surface area contributed by atoms with Crippen molar-refractivity contribution in [3.8, 4) is 0 Å². The second kappa shape index (κ2) is 7.96. The SMILES string of the molecule is CO[C@@H]1CN[C@@H](C(=O)N2CCN(CC(=O)N3CCc4ccccc43)CC2)C1. The average Bonchev–Trinajstić information content (AvgIpc) is 3.35. The van der Waals surface area contributed by atoms with Crippen molar-refractivity contribution >= 4 is 17.5 Å². The number of ether oxygens (including phenoxy) is 1. The Hall–Kier alpha value is -1.96. The summed E-state index contributed by atoms with van der Waals surface area (Å²) < 4.78 is 5.33. The number of carbonyl (C=O) groups is 2. The molecule has 1 N–H and O–H groups in total. The molecule has 0 aliphatic carbocycles. The van der Waals surface area contributed by atoms with Crippen LogP contribution in [0.1, 0.15) is 12.0 Å². The van der Waals surface area contributed by atoms with Crippen molar-refractivity contribution in [1.29, 1.82) is 0 Å². The third-order valence-electron chi connectivity index (χ3n) is 5.95. The van der Waals surface area contributed by atoms with E-state index in [0.29, 0.717) is 19.6 Å². The molecule has 1 aromatic carbocycles. The van der Waals surface area contributed by atoms with Gasteiger partial charge < -0.3 is 19.9 Å². The number of benzene rings is 1. The molecule has 2 atom stereocenters. The van der Waals surface area contributed by atoms with Crippen molar-refractivity contribution in [1.82, 2.24) is 15.1 Å². The summed E-state index contributed by atoms with van der Waals surface area (Å²) in [7, 11) is 1.69. The summed E-state index contributed by atoms with van der Waals surface area (Å²) in [6.45, 7) is 4.77. The van der Waals surface area contributed by atoms with Gasteiger partial charge in [-0.3, -0.25) is 14.5 Å². The molecule has 146 valence electrons. The van der Waals surface area contributed by atoms with Crippen LogP contribution in [0.15, 0.2) is 24.3 Å². The van der Waals surface area contributed by atoms with E-state index in [0.717, 1.165) is 44.7 Å².